The monoisotopic (exact) mass is 395 g/mol. The summed E-state index contributed by atoms with van der Waals surface area (Å²) in [5, 5.41) is 0. The Morgan fingerprint density at radius 3 is 2.07 bits per heavy atom. The first kappa shape index (κ1) is 20.1. The summed E-state index contributed by atoms with van der Waals surface area (Å²) < 4.78 is 2.27. The summed E-state index contributed by atoms with van der Waals surface area (Å²) in [6.07, 6.45) is 7.81. The van der Waals surface area contributed by atoms with Gasteiger partial charge in [-0.1, -0.05) is 58.0 Å². The molecule has 0 aliphatic rings. The normalized spacial score (nSPS) is 11.4. The molecule has 4 aromatic rings. The lowest BCUT2D eigenvalue weighted by molar-refractivity contribution is 0.807. The highest BCUT2D eigenvalue weighted by atomic mass is 15.1. The predicted octanol–water partition coefficient (Wildman–Crippen LogP) is 7.16. The number of pyridine rings is 1. The van der Waals surface area contributed by atoms with E-state index in [4.69, 9.17) is 4.98 Å². The van der Waals surface area contributed by atoms with Crippen LogP contribution in [0.3, 0.4) is 0 Å². The highest BCUT2D eigenvalue weighted by molar-refractivity contribution is 5.73. The summed E-state index contributed by atoms with van der Waals surface area (Å²) in [5.41, 5.74) is 8.75. The Morgan fingerprint density at radius 1 is 0.800 bits per heavy atom. The van der Waals surface area contributed by atoms with Gasteiger partial charge in [-0.25, -0.2) is 4.98 Å². The minimum atomic E-state index is 0.380. The number of rotatable bonds is 5. The first-order valence-electron chi connectivity index (χ1n) is 10.6. The number of nitrogens with zero attached hydrogens (tertiary/aromatic N) is 3. The van der Waals surface area contributed by atoms with Gasteiger partial charge in [0, 0.05) is 30.4 Å². The Labute approximate surface area is 179 Å². The van der Waals surface area contributed by atoms with Gasteiger partial charge in [-0.2, -0.15) is 0 Å². The molecule has 0 aliphatic heterocycles. The van der Waals surface area contributed by atoms with E-state index in [2.05, 4.69) is 92.8 Å². The maximum atomic E-state index is 4.71. The molecule has 0 radical (unpaired) electrons. The Morgan fingerprint density at radius 2 is 1.47 bits per heavy atom. The van der Waals surface area contributed by atoms with E-state index in [0.717, 1.165) is 11.4 Å². The van der Waals surface area contributed by atoms with Gasteiger partial charge in [0.2, 0.25) is 0 Å². The van der Waals surface area contributed by atoms with Gasteiger partial charge in [0.1, 0.15) is 5.82 Å². The Bertz CT molecular complexity index is 1120. The van der Waals surface area contributed by atoms with Gasteiger partial charge >= 0.3 is 0 Å². The van der Waals surface area contributed by atoms with Crippen LogP contribution >= 0.6 is 0 Å². The summed E-state index contributed by atoms with van der Waals surface area (Å²) >= 11 is 0. The standard InChI is InChI=1S/C27H29N3/c1-18(2)24-15-22(23-11-12-28-17-20(23)5)16-25(19(3)4)26(24)30-14-13-29-27(30)21-9-7-6-8-10-21/h6-19H,1-5H3. The van der Waals surface area contributed by atoms with Crippen molar-refractivity contribution >= 4 is 0 Å². The average molecular weight is 396 g/mol. The zero-order valence-corrected chi connectivity index (χ0v) is 18.4. The van der Waals surface area contributed by atoms with Crippen molar-refractivity contribution in [3.05, 3.63) is 90.0 Å². The number of benzene rings is 2. The molecule has 0 N–H and O–H groups in total. The minimum Gasteiger partial charge on any atom is -0.299 e. The summed E-state index contributed by atoms with van der Waals surface area (Å²) in [4.78, 5) is 8.99. The van der Waals surface area contributed by atoms with E-state index in [1.165, 1.54) is 33.5 Å². The van der Waals surface area contributed by atoms with Gasteiger partial charge in [-0.3, -0.25) is 9.55 Å². The van der Waals surface area contributed by atoms with Gasteiger partial charge in [0.15, 0.2) is 0 Å². The Balaban J connectivity index is 2.00. The van der Waals surface area contributed by atoms with Gasteiger partial charge in [0.05, 0.1) is 5.69 Å². The molecule has 2 aromatic heterocycles. The van der Waals surface area contributed by atoms with Crippen molar-refractivity contribution in [1.82, 2.24) is 14.5 Å². The van der Waals surface area contributed by atoms with Crippen LogP contribution in [0.4, 0.5) is 0 Å². The van der Waals surface area contributed by atoms with Crippen LogP contribution in [0, 0.1) is 6.92 Å². The molecule has 4 rings (SSSR count). The first-order chi connectivity index (χ1) is 14.5. The lowest BCUT2D eigenvalue weighted by atomic mass is 9.87. The Kier molecular flexibility index (Phi) is 5.54. The van der Waals surface area contributed by atoms with Gasteiger partial charge < -0.3 is 0 Å². The molecule has 0 saturated heterocycles. The third-order valence-corrected chi connectivity index (χ3v) is 5.66. The lowest BCUT2D eigenvalue weighted by Crippen LogP contribution is -2.09. The van der Waals surface area contributed by atoms with Crippen molar-refractivity contribution in [3.8, 4) is 28.2 Å². The van der Waals surface area contributed by atoms with E-state index in [-0.39, 0.29) is 0 Å². The summed E-state index contributed by atoms with van der Waals surface area (Å²) in [6.45, 7) is 11.2. The molecule has 2 heterocycles. The zero-order valence-electron chi connectivity index (χ0n) is 18.4. The van der Waals surface area contributed by atoms with E-state index in [1.807, 2.05) is 24.7 Å². The summed E-state index contributed by atoms with van der Waals surface area (Å²) in [6, 6.07) is 17.2. The summed E-state index contributed by atoms with van der Waals surface area (Å²) in [7, 11) is 0. The lowest BCUT2D eigenvalue weighted by Gasteiger charge is -2.24. The number of imidazole rings is 1. The van der Waals surface area contributed by atoms with Crippen molar-refractivity contribution in [2.75, 3.05) is 0 Å². The van der Waals surface area contributed by atoms with Crippen molar-refractivity contribution in [2.45, 2.75) is 46.5 Å². The molecular weight excluding hydrogens is 366 g/mol. The van der Waals surface area contributed by atoms with Gasteiger partial charge in [-0.05, 0) is 64.8 Å². The summed E-state index contributed by atoms with van der Waals surface area (Å²) in [5.74, 6) is 1.74. The topological polar surface area (TPSA) is 30.7 Å². The van der Waals surface area contributed by atoms with Crippen molar-refractivity contribution in [1.29, 1.82) is 0 Å². The fourth-order valence-electron chi connectivity index (χ4n) is 4.08. The van der Waals surface area contributed by atoms with Crippen LogP contribution in [0.1, 0.15) is 56.2 Å². The smallest absolute Gasteiger partial charge is 0.144 e. The molecule has 0 bridgehead atoms. The highest BCUT2D eigenvalue weighted by Crippen LogP contribution is 2.38. The van der Waals surface area contributed by atoms with Crippen molar-refractivity contribution in [2.24, 2.45) is 0 Å². The van der Waals surface area contributed by atoms with E-state index >= 15 is 0 Å². The fourth-order valence-corrected chi connectivity index (χ4v) is 4.08. The van der Waals surface area contributed by atoms with E-state index in [0.29, 0.717) is 11.8 Å². The molecule has 30 heavy (non-hydrogen) atoms. The quantitative estimate of drug-likeness (QED) is 0.359. The third kappa shape index (κ3) is 3.68. The third-order valence-electron chi connectivity index (χ3n) is 5.66. The van der Waals surface area contributed by atoms with Crippen LogP contribution < -0.4 is 0 Å². The van der Waals surface area contributed by atoms with Crippen LogP contribution in [0.2, 0.25) is 0 Å². The number of aromatic nitrogens is 3. The number of aryl methyl sites for hydroxylation is 1. The molecule has 2 aromatic carbocycles. The van der Waals surface area contributed by atoms with Gasteiger partial charge in [0.25, 0.3) is 0 Å². The fraction of sp³-hybridized carbons (Fsp3) is 0.259. The molecule has 0 unspecified atom stereocenters. The van der Waals surface area contributed by atoms with Crippen molar-refractivity contribution < 1.29 is 0 Å². The van der Waals surface area contributed by atoms with Crippen LogP contribution in [-0.4, -0.2) is 14.5 Å². The van der Waals surface area contributed by atoms with E-state index in [1.54, 1.807) is 0 Å². The highest BCUT2D eigenvalue weighted by Gasteiger charge is 2.21. The molecule has 152 valence electrons. The molecule has 0 saturated carbocycles. The maximum absolute atomic E-state index is 4.71. The molecule has 0 amide bonds. The molecule has 0 fully saturated rings. The second-order valence-electron chi connectivity index (χ2n) is 8.49. The molecule has 3 nitrogen and oxygen atoms in total. The Hall–Kier alpha value is -3.20. The molecule has 3 heteroatoms. The van der Waals surface area contributed by atoms with Crippen LogP contribution in [0.5, 0.6) is 0 Å². The predicted molar refractivity (Wildman–Crippen MR) is 125 cm³/mol. The SMILES string of the molecule is Cc1cnccc1-c1cc(C(C)C)c(-n2ccnc2-c2ccccc2)c(C(C)C)c1. The molecule has 0 aliphatic carbocycles. The molecule has 0 spiro atoms. The first-order valence-corrected chi connectivity index (χ1v) is 10.6. The minimum absolute atomic E-state index is 0.380. The van der Waals surface area contributed by atoms with Crippen LogP contribution in [-0.2, 0) is 0 Å². The second-order valence-corrected chi connectivity index (χ2v) is 8.49. The molecule has 0 atom stereocenters. The number of hydrogen-bond donors (Lipinski definition) is 0. The molecular formula is C27H29N3. The van der Waals surface area contributed by atoms with E-state index in [9.17, 15) is 0 Å². The largest absolute Gasteiger partial charge is 0.299 e. The maximum Gasteiger partial charge on any atom is 0.144 e. The van der Waals surface area contributed by atoms with Gasteiger partial charge in [-0.15, -0.1) is 0 Å². The zero-order chi connectivity index (χ0) is 21.3. The van der Waals surface area contributed by atoms with Crippen molar-refractivity contribution in [3.63, 3.8) is 0 Å². The van der Waals surface area contributed by atoms with Crippen LogP contribution in [0.15, 0.2) is 73.3 Å². The van der Waals surface area contributed by atoms with E-state index < -0.39 is 0 Å². The number of hydrogen-bond acceptors (Lipinski definition) is 2. The second kappa shape index (κ2) is 8.27. The van der Waals surface area contributed by atoms with Crippen LogP contribution in [0.25, 0.3) is 28.2 Å². The average Bonchev–Trinajstić information content (AvgIpc) is 3.23.